The van der Waals surface area contributed by atoms with E-state index in [0.29, 0.717) is 6.61 Å². The number of rotatable bonds is 4. The maximum Gasteiger partial charge on any atom is 0.322 e. The van der Waals surface area contributed by atoms with E-state index in [1.807, 2.05) is 34.7 Å². The van der Waals surface area contributed by atoms with Gasteiger partial charge in [-0.15, -0.1) is 11.3 Å². The highest BCUT2D eigenvalue weighted by Gasteiger charge is 2.32. The van der Waals surface area contributed by atoms with E-state index >= 15 is 0 Å². The molecule has 1 saturated heterocycles. The first kappa shape index (κ1) is 15.1. The van der Waals surface area contributed by atoms with Gasteiger partial charge in [-0.2, -0.15) is 0 Å². The second-order valence-corrected chi connectivity index (χ2v) is 6.23. The molecule has 0 saturated carbocycles. The van der Waals surface area contributed by atoms with Gasteiger partial charge in [0.05, 0.1) is 11.7 Å². The van der Waals surface area contributed by atoms with Crippen molar-refractivity contribution in [3.8, 4) is 0 Å². The Balaban J connectivity index is 1.72. The molecule has 118 valence electrons. The quantitative estimate of drug-likeness (QED) is 0.920. The van der Waals surface area contributed by atoms with E-state index in [0.717, 1.165) is 42.2 Å². The number of carbonyl (C=O) groups is 1. The zero-order chi connectivity index (χ0) is 15.5. The lowest BCUT2D eigenvalue weighted by molar-refractivity contribution is 0.157. The van der Waals surface area contributed by atoms with Crippen LogP contribution in [0.3, 0.4) is 0 Å². The second-order valence-electron chi connectivity index (χ2n) is 5.49. The average Bonchev–Trinajstić information content (AvgIpc) is 3.20. The van der Waals surface area contributed by atoms with E-state index in [1.54, 1.807) is 18.4 Å². The molecule has 0 spiro atoms. The molecule has 3 heterocycles. The molecule has 0 bridgehead atoms. The van der Waals surface area contributed by atoms with Gasteiger partial charge < -0.3 is 19.4 Å². The number of ether oxygens (including phenoxy) is 1. The summed E-state index contributed by atoms with van der Waals surface area (Å²) in [5.74, 6) is 1.63. The topological polar surface area (TPSA) is 54.7 Å². The van der Waals surface area contributed by atoms with E-state index in [9.17, 15) is 4.79 Å². The van der Waals surface area contributed by atoms with Crippen molar-refractivity contribution in [2.45, 2.75) is 32.4 Å². The maximum atomic E-state index is 12.5. The number of furan rings is 1. The number of anilines is 1. The highest BCUT2D eigenvalue weighted by Crippen LogP contribution is 2.34. The smallest absolute Gasteiger partial charge is 0.322 e. The number of amides is 2. The molecule has 2 aromatic heterocycles. The van der Waals surface area contributed by atoms with Gasteiger partial charge in [-0.25, -0.2) is 4.79 Å². The van der Waals surface area contributed by atoms with Crippen LogP contribution >= 0.6 is 11.3 Å². The average molecular weight is 320 g/mol. The number of carbonyl (C=O) groups excluding carboxylic acids is 1. The molecule has 1 aliphatic heterocycles. The summed E-state index contributed by atoms with van der Waals surface area (Å²) in [6.07, 6.45) is 1.91. The van der Waals surface area contributed by atoms with Crippen LogP contribution in [-0.2, 0) is 11.3 Å². The molecule has 0 unspecified atom stereocenters. The van der Waals surface area contributed by atoms with Crippen molar-refractivity contribution in [1.82, 2.24) is 4.90 Å². The van der Waals surface area contributed by atoms with E-state index in [4.69, 9.17) is 9.15 Å². The lowest BCUT2D eigenvalue weighted by atomic mass is 10.2. The van der Waals surface area contributed by atoms with Crippen LogP contribution in [-0.4, -0.2) is 24.6 Å². The molecule has 0 aromatic carbocycles. The molecule has 0 radical (unpaired) electrons. The lowest BCUT2D eigenvalue weighted by Crippen LogP contribution is -2.34. The van der Waals surface area contributed by atoms with Crippen molar-refractivity contribution in [2.24, 2.45) is 0 Å². The Hall–Kier alpha value is -1.79. The van der Waals surface area contributed by atoms with Gasteiger partial charge in [0.15, 0.2) is 0 Å². The van der Waals surface area contributed by atoms with Gasteiger partial charge in [0, 0.05) is 19.0 Å². The molecular weight excluding hydrogens is 300 g/mol. The SMILES string of the molecule is COCc1ccc([C@@H]2CCCN2C(=O)Nc2cscc2C)o1. The fourth-order valence-corrected chi connectivity index (χ4v) is 3.55. The molecule has 0 aliphatic carbocycles. The Labute approximate surface area is 133 Å². The van der Waals surface area contributed by atoms with Crippen LogP contribution in [0.2, 0.25) is 0 Å². The number of hydrogen-bond donors (Lipinski definition) is 1. The fraction of sp³-hybridized carbons (Fsp3) is 0.438. The Morgan fingerprint density at radius 1 is 1.50 bits per heavy atom. The normalized spacial score (nSPS) is 17.9. The number of hydrogen-bond acceptors (Lipinski definition) is 4. The summed E-state index contributed by atoms with van der Waals surface area (Å²) < 4.78 is 10.9. The van der Waals surface area contributed by atoms with Gasteiger partial charge in [-0.1, -0.05) is 0 Å². The van der Waals surface area contributed by atoms with Crippen molar-refractivity contribution in [3.05, 3.63) is 40.0 Å². The summed E-state index contributed by atoms with van der Waals surface area (Å²) in [5, 5.41) is 6.98. The van der Waals surface area contributed by atoms with Crippen molar-refractivity contribution >= 4 is 23.1 Å². The first-order valence-corrected chi connectivity index (χ1v) is 8.31. The zero-order valence-corrected chi connectivity index (χ0v) is 13.6. The van der Waals surface area contributed by atoms with E-state index in [1.165, 1.54) is 0 Å². The Bertz CT molecular complexity index is 649. The number of urea groups is 1. The maximum absolute atomic E-state index is 12.5. The highest BCUT2D eigenvalue weighted by atomic mass is 32.1. The van der Waals surface area contributed by atoms with Crippen molar-refractivity contribution in [2.75, 3.05) is 19.0 Å². The fourth-order valence-electron chi connectivity index (χ4n) is 2.77. The minimum atomic E-state index is -0.0614. The highest BCUT2D eigenvalue weighted by molar-refractivity contribution is 7.08. The van der Waals surface area contributed by atoms with Gasteiger partial charge in [0.2, 0.25) is 0 Å². The van der Waals surface area contributed by atoms with E-state index in [2.05, 4.69) is 5.32 Å². The Morgan fingerprint density at radius 3 is 3.09 bits per heavy atom. The molecular formula is C16H20N2O3S. The third-order valence-corrected chi connectivity index (χ3v) is 4.77. The van der Waals surface area contributed by atoms with Gasteiger partial charge in [0.1, 0.15) is 18.1 Å². The molecule has 2 amide bonds. The summed E-state index contributed by atoms with van der Waals surface area (Å²) in [6.45, 7) is 3.20. The summed E-state index contributed by atoms with van der Waals surface area (Å²) in [6, 6.07) is 3.80. The van der Waals surface area contributed by atoms with E-state index in [-0.39, 0.29) is 12.1 Å². The Kier molecular flexibility index (Phi) is 4.49. The molecule has 5 nitrogen and oxygen atoms in total. The minimum Gasteiger partial charge on any atom is -0.461 e. The van der Waals surface area contributed by atoms with Crippen LogP contribution in [0, 0.1) is 6.92 Å². The first-order chi connectivity index (χ1) is 10.7. The molecule has 1 aliphatic rings. The van der Waals surface area contributed by atoms with Gasteiger partial charge in [-0.3, -0.25) is 0 Å². The predicted molar refractivity (Wildman–Crippen MR) is 86.2 cm³/mol. The second kappa shape index (κ2) is 6.54. The van der Waals surface area contributed by atoms with Gasteiger partial charge in [0.25, 0.3) is 0 Å². The molecule has 22 heavy (non-hydrogen) atoms. The monoisotopic (exact) mass is 320 g/mol. The lowest BCUT2D eigenvalue weighted by Gasteiger charge is -2.23. The summed E-state index contributed by atoms with van der Waals surface area (Å²) >= 11 is 1.59. The number of aryl methyl sites for hydroxylation is 1. The summed E-state index contributed by atoms with van der Waals surface area (Å²) in [5.41, 5.74) is 1.98. The number of thiophene rings is 1. The van der Waals surface area contributed by atoms with Crippen LogP contribution in [0.25, 0.3) is 0 Å². The van der Waals surface area contributed by atoms with Crippen molar-refractivity contribution < 1.29 is 13.9 Å². The molecule has 1 fully saturated rings. The number of likely N-dealkylation sites (tertiary alicyclic amines) is 1. The summed E-state index contributed by atoms with van der Waals surface area (Å²) in [7, 11) is 1.64. The van der Waals surface area contributed by atoms with Gasteiger partial charge in [-0.05, 0) is 42.8 Å². The molecule has 2 aromatic rings. The third kappa shape index (κ3) is 3.03. The number of nitrogens with zero attached hydrogens (tertiary/aromatic N) is 1. The number of methoxy groups -OCH3 is 1. The van der Waals surface area contributed by atoms with Crippen LogP contribution in [0.1, 0.15) is 36.0 Å². The van der Waals surface area contributed by atoms with Crippen LogP contribution in [0.15, 0.2) is 27.3 Å². The van der Waals surface area contributed by atoms with Crippen molar-refractivity contribution in [3.63, 3.8) is 0 Å². The van der Waals surface area contributed by atoms with Crippen molar-refractivity contribution in [1.29, 1.82) is 0 Å². The Morgan fingerprint density at radius 2 is 2.36 bits per heavy atom. The molecule has 1 N–H and O–H groups in total. The minimum absolute atomic E-state index is 0.00421. The number of nitrogens with one attached hydrogen (secondary N) is 1. The van der Waals surface area contributed by atoms with Crippen LogP contribution < -0.4 is 5.32 Å². The van der Waals surface area contributed by atoms with Gasteiger partial charge >= 0.3 is 6.03 Å². The molecule has 3 rings (SSSR count). The van der Waals surface area contributed by atoms with Crippen LogP contribution in [0.4, 0.5) is 10.5 Å². The van der Waals surface area contributed by atoms with Crippen LogP contribution in [0.5, 0.6) is 0 Å². The zero-order valence-electron chi connectivity index (χ0n) is 12.8. The standard InChI is InChI=1S/C16H20N2O3S/c1-11-9-22-10-13(11)17-16(19)18-7-3-4-14(18)15-6-5-12(21-15)8-20-2/h5-6,9-10,14H,3-4,7-8H2,1-2H3,(H,17,19)/t14-/m0/s1. The molecule has 6 heteroatoms. The predicted octanol–water partition coefficient (Wildman–Crippen LogP) is 4.16. The third-order valence-electron chi connectivity index (χ3n) is 3.91. The van der Waals surface area contributed by atoms with E-state index < -0.39 is 0 Å². The summed E-state index contributed by atoms with van der Waals surface area (Å²) in [4.78, 5) is 14.4. The first-order valence-electron chi connectivity index (χ1n) is 7.37. The molecule has 1 atom stereocenters. The largest absolute Gasteiger partial charge is 0.461 e.